The fourth-order valence-corrected chi connectivity index (χ4v) is 1.50. The van der Waals surface area contributed by atoms with Gasteiger partial charge in [-0.25, -0.2) is 4.79 Å². The third kappa shape index (κ3) is 5.01. The quantitative estimate of drug-likeness (QED) is 0.342. The Morgan fingerprint density at radius 2 is 1.94 bits per heavy atom. The molecule has 0 aliphatic rings. The highest BCUT2D eigenvalue weighted by atomic mass is 16.4. The molecule has 92 valence electrons. The van der Waals surface area contributed by atoms with Crippen LogP contribution >= 0.6 is 0 Å². The Morgan fingerprint density at radius 3 is 2.47 bits per heavy atom. The van der Waals surface area contributed by atoms with Crippen molar-refractivity contribution >= 4 is 11.9 Å². The Hall–Kier alpha value is -2.04. The number of hydrogen-bond acceptors (Lipinski definition) is 2. The Bertz CT molecular complexity index is 387. The fraction of sp³-hybridized carbons (Fsp3) is 0.333. The van der Waals surface area contributed by atoms with Crippen molar-refractivity contribution in [3.63, 3.8) is 0 Å². The zero-order valence-electron chi connectivity index (χ0n) is 9.57. The lowest BCUT2D eigenvalue weighted by Gasteiger charge is -2.03. The van der Waals surface area contributed by atoms with Crippen molar-refractivity contribution < 1.29 is 9.90 Å². The first-order chi connectivity index (χ1) is 8.09. The Labute approximate surface area is 100 Å². The van der Waals surface area contributed by atoms with E-state index in [-0.39, 0.29) is 5.84 Å². The lowest BCUT2D eigenvalue weighted by molar-refractivity contribution is 0.194. The van der Waals surface area contributed by atoms with Gasteiger partial charge in [-0.2, -0.15) is 0 Å². The fourth-order valence-electron chi connectivity index (χ4n) is 1.50. The molecule has 5 nitrogen and oxygen atoms in total. The number of amidine groups is 1. The molecule has 0 heterocycles. The molecule has 0 aliphatic heterocycles. The van der Waals surface area contributed by atoms with Crippen LogP contribution in [0.2, 0.25) is 0 Å². The third-order valence-electron chi connectivity index (χ3n) is 2.43. The number of nitrogens with one attached hydrogen (secondary N) is 2. The van der Waals surface area contributed by atoms with Crippen LogP contribution in [-0.4, -0.2) is 23.6 Å². The number of aryl methyl sites for hydroxylation is 1. The van der Waals surface area contributed by atoms with E-state index in [1.807, 2.05) is 24.3 Å². The van der Waals surface area contributed by atoms with E-state index >= 15 is 0 Å². The van der Waals surface area contributed by atoms with Gasteiger partial charge in [-0.3, -0.25) is 5.41 Å². The van der Waals surface area contributed by atoms with Crippen molar-refractivity contribution in [1.29, 1.82) is 5.41 Å². The van der Waals surface area contributed by atoms with Gasteiger partial charge in [0.05, 0.1) is 0 Å². The number of carboxylic acid groups (broad SMARTS) is 1. The van der Waals surface area contributed by atoms with Gasteiger partial charge < -0.3 is 16.2 Å². The highest BCUT2D eigenvalue weighted by Gasteiger charge is 1.98. The highest BCUT2D eigenvalue weighted by molar-refractivity contribution is 5.94. The van der Waals surface area contributed by atoms with Crippen molar-refractivity contribution in [1.82, 2.24) is 5.32 Å². The second-order valence-corrected chi connectivity index (χ2v) is 3.80. The molecule has 1 aromatic rings. The van der Waals surface area contributed by atoms with Crippen molar-refractivity contribution in [2.75, 3.05) is 6.54 Å². The summed E-state index contributed by atoms with van der Waals surface area (Å²) in [5.41, 5.74) is 7.25. The third-order valence-corrected chi connectivity index (χ3v) is 2.43. The van der Waals surface area contributed by atoms with Gasteiger partial charge in [-0.1, -0.05) is 24.3 Å². The van der Waals surface area contributed by atoms with E-state index < -0.39 is 6.09 Å². The van der Waals surface area contributed by atoms with Gasteiger partial charge >= 0.3 is 6.09 Å². The van der Waals surface area contributed by atoms with Crippen molar-refractivity contribution in [2.45, 2.75) is 19.3 Å². The molecule has 0 spiro atoms. The minimum absolute atomic E-state index is 0.0715. The first kappa shape index (κ1) is 13.0. The van der Waals surface area contributed by atoms with Crippen LogP contribution in [0.25, 0.3) is 0 Å². The molecule has 0 radical (unpaired) electrons. The molecule has 0 fully saturated rings. The minimum Gasteiger partial charge on any atom is -0.465 e. The van der Waals surface area contributed by atoms with E-state index in [4.69, 9.17) is 16.2 Å². The van der Waals surface area contributed by atoms with E-state index in [1.54, 1.807) is 0 Å². The maximum atomic E-state index is 10.2. The standard InChI is InChI=1S/C12H17N3O2/c13-11(14)10-6-4-9(5-7-10)3-1-2-8-15-12(16)17/h4-7,15H,1-3,8H2,(H3,13,14)(H,16,17). The number of nitrogen functional groups attached to an aromatic ring is 1. The van der Waals surface area contributed by atoms with E-state index in [1.165, 1.54) is 5.56 Å². The minimum atomic E-state index is -0.976. The molecule has 0 aliphatic carbocycles. The van der Waals surface area contributed by atoms with Crippen LogP contribution in [0.5, 0.6) is 0 Å². The summed E-state index contributed by atoms with van der Waals surface area (Å²) in [4.78, 5) is 10.2. The molecule has 5 N–H and O–H groups in total. The summed E-state index contributed by atoms with van der Waals surface area (Å²) in [5, 5.41) is 17.9. The topological polar surface area (TPSA) is 99.2 Å². The number of benzene rings is 1. The average molecular weight is 235 g/mol. The van der Waals surface area contributed by atoms with Crippen LogP contribution in [0.1, 0.15) is 24.0 Å². The lowest BCUT2D eigenvalue weighted by atomic mass is 10.1. The van der Waals surface area contributed by atoms with Crippen LogP contribution in [0, 0.1) is 5.41 Å². The maximum absolute atomic E-state index is 10.2. The number of unbranched alkanes of at least 4 members (excludes halogenated alkanes) is 1. The summed E-state index contributed by atoms with van der Waals surface area (Å²) in [6, 6.07) is 7.54. The van der Waals surface area contributed by atoms with Gasteiger partial charge in [0.15, 0.2) is 0 Å². The summed E-state index contributed by atoms with van der Waals surface area (Å²) in [7, 11) is 0. The molecular formula is C12H17N3O2. The molecule has 5 heteroatoms. The summed E-state index contributed by atoms with van der Waals surface area (Å²) in [6.07, 6.45) is 1.68. The maximum Gasteiger partial charge on any atom is 0.404 e. The van der Waals surface area contributed by atoms with E-state index in [9.17, 15) is 4.79 Å². The van der Waals surface area contributed by atoms with Crippen LogP contribution in [-0.2, 0) is 6.42 Å². The van der Waals surface area contributed by atoms with Crippen LogP contribution < -0.4 is 11.1 Å². The van der Waals surface area contributed by atoms with Crippen LogP contribution in [0.3, 0.4) is 0 Å². The Morgan fingerprint density at radius 1 is 1.29 bits per heavy atom. The largest absolute Gasteiger partial charge is 0.465 e. The van der Waals surface area contributed by atoms with Crippen molar-refractivity contribution in [3.05, 3.63) is 35.4 Å². The normalized spacial score (nSPS) is 9.88. The highest BCUT2D eigenvalue weighted by Crippen LogP contribution is 2.07. The molecule has 1 rings (SSSR count). The predicted octanol–water partition coefficient (Wildman–Crippen LogP) is 1.56. The first-order valence-electron chi connectivity index (χ1n) is 5.49. The van der Waals surface area contributed by atoms with Gasteiger partial charge in [0.25, 0.3) is 0 Å². The van der Waals surface area contributed by atoms with Gasteiger partial charge in [0.1, 0.15) is 5.84 Å². The first-order valence-corrected chi connectivity index (χ1v) is 5.49. The molecule has 0 unspecified atom stereocenters. The summed E-state index contributed by atoms with van der Waals surface area (Å²) in [5.74, 6) is 0.0715. The Balaban J connectivity index is 2.27. The molecule has 1 amide bonds. The summed E-state index contributed by atoms with van der Waals surface area (Å²) >= 11 is 0. The molecule has 1 aromatic carbocycles. The molecule has 0 bridgehead atoms. The lowest BCUT2D eigenvalue weighted by Crippen LogP contribution is -2.21. The number of rotatable bonds is 6. The van der Waals surface area contributed by atoms with E-state index in [2.05, 4.69) is 5.32 Å². The summed E-state index contributed by atoms with van der Waals surface area (Å²) < 4.78 is 0. The number of carbonyl (C=O) groups is 1. The molecule has 0 aromatic heterocycles. The molecule has 0 saturated carbocycles. The zero-order valence-corrected chi connectivity index (χ0v) is 9.57. The van der Waals surface area contributed by atoms with Crippen molar-refractivity contribution in [3.8, 4) is 0 Å². The van der Waals surface area contributed by atoms with Crippen molar-refractivity contribution in [2.24, 2.45) is 5.73 Å². The number of amides is 1. The van der Waals surface area contributed by atoms with Crippen LogP contribution in [0.4, 0.5) is 4.79 Å². The van der Waals surface area contributed by atoms with E-state index in [0.717, 1.165) is 24.8 Å². The zero-order chi connectivity index (χ0) is 12.7. The average Bonchev–Trinajstić information content (AvgIpc) is 2.29. The summed E-state index contributed by atoms with van der Waals surface area (Å²) in [6.45, 7) is 0.487. The van der Waals surface area contributed by atoms with Gasteiger partial charge in [0.2, 0.25) is 0 Å². The second-order valence-electron chi connectivity index (χ2n) is 3.80. The number of hydrogen-bond donors (Lipinski definition) is 4. The molecule has 17 heavy (non-hydrogen) atoms. The Kier molecular flexibility index (Phi) is 5.00. The van der Waals surface area contributed by atoms with Gasteiger partial charge in [-0.05, 0) is 24.8 Å². The second kappa shape index (κ2) is 6.52. The molecule has 0 atom stereocenters. The van der Waals surface area contributed by atoms with Crippen LogP contribution in [0.15, 0.2) is 24.3 Å². The molecule has 0 saturated heterocycles. The van der Waals surface area contributed by atoms with Gasteiger partial charge in [-0.15, -0.1) is 0 Å². The smallest absolute Gasteiger partial charge is 0.404 e. The monoisotopic (exact) mass is 235 g/mol. The SMILES string of the molecule is N=C(N)c1ccc(CCCCNC(=O)O)cc1. The van der Waals surface area contributed by atoms with Gasteiger partial charge in [0, 0.05) is 12.1 Å². The number of nitrogens with two attached hydrogens (primary N) is 1. The van der Waals surface area contributed by atoms with E-state index in [0.29, 0.717) is 6.54 Å². The predicted molar refractivity (Wildman–Crippen MR) is 66.4 cm³/mol. The molecular weight excluding hydrogens is 218 g/mol.